The standard InChI is InChI=1S/C11H14N4O3/c1-8(13-14-11(12)16)5-6-9-3-2-4-10(7-9)15(17)18/h2-4,7H,5-6H2,1H3,(H3,12,14,16). The first-order chi connectivity index (χ1) is 8.49. The van der Waals surface area contributed by atoms with Crippen molar-refractivity contribution in [2.75, 3.05) is 0 Å². The summed E-state index contributed by atoms with van der Waals surface area (Å²) in [5, 5.41) is 14.3. The molecule has 2 amide bonds. The van der Waals surface area contributed by atoms with Gasteiger partial charge in [0.25, 0.3) is 5.69 Å². The van der Waals surface area contributed by atoms with E-state index in [9.17, 15) is 14.9 Å². The number of primary amides is 1. The minimum absolute atomic E-state index is 0.0670. The lowest BCUT2D eigenvalue weighted by Gasteiger charge is -2.02. The van der Waals surface area contributed by atoms with Crippen molar-refractivity contribution in [1.29, 1.82) is 0 Å². The van der Waals surface area contributed by atoms with Gasteiger partial charge in [-0.2, -0.15) is 5.10 Å². The average Bonchev–Trinajstić information content (AvgIpc) is 2.34. The Morgan fingerprint density at radius 3 is 2.89 bits per heavy atom. The first-order valence-corrected chi connectivity index (χ1v) is 5.31. The van der Waals surface area contributed by atoms with Crippen molar-refractivity contribution in [3.8, 4) is 0 Å². The molecule has 0 bridgehead atoms. The molecule has 3 N–H and O–H groups in total. The topological polar surface area (TPSA) is 111 Å². The summed E-state index contributed by atoms with van der Waals surface area (Å²) in [6, 6.07) is 5.70. The van der Waals surface area contributed by atoms with Gasteiger partial charge in [0.2, 0.25) is 0 Å². The zero-order valence-electron chi connectivity index (χ0n) is 9.92. The number of nitro benzene ring substituents is 1. The van der Waals surface area contributed by atoms with Crippen LogP contribution in [0.1, 0.15) is 18.9 Å². The molecule has 0 radical (unpaired) electrons. The maximum Gasteiger partial charge on any atom is 0.332 e. The quantitative estimate of drug-likeness (QED) is 0.470. The number of hydrogen-bond donors (Lipinski definition) is 2. The molecular weight excluding hydrogens is 236 g/mol. The van der Waals surface area contributed by atoms with E-state index < -0.39 is 11.0 Å². The number of nitrogens with one attached hydrogen (secondary N) is 1. The van der Waals surface area contributed by atoms with Crippen LogP contribution >= 0.6 is 0 Å². The fourth-order valence-corrected chi connectivity index (χ4v) is 1.36. The van der Waals surface area contributed by atoms with Gasteiger partial charge in [0.1, 0.15) is 0 Å². The predicted octanol–water partition coefficient (Wildman–Crippen LogP) is 1.57. The molecule has 0 fully saturated rings. The van der Waals surface area contributed by atoms with Crippen molar-refractivity contribution in [3.05, 3.63) is 39.9 Å². The van der Waals surface area contributed by atoms with Gasteiger partial charge in [0, 0.05) is 17.8 Å². The highest BCUT2D eigenvalue weighted by Gasteiger charge is 2.05. The summed E-state index contributed by atoms with van der Waals surface area (Å²) in [4.78, 5) is 20.6. The summed E-state index contributed by atoms with van der Waals surface area (Å²) in [6.07, 6.45) is 1.19. The van der Waals surface area contributed by atoms with Gasteiger partial charge in [-0.3, -0.25) is 10.1 Å². The second kappa shape index (κ2) is 6.33. The highest BCUT2D eigenvalue weighted by atomic mass is 16.6. The third-order valence-electron chi connectivity index (χ3n) is 2.25. The van der Waals surface area contributed by atoms with Crippen LogP contribution in [0.5, 0.6) is 0 Å². The Morgan fingerprint density at radius 2 is 2.28 bits per heavy atom. The molecule has 7 heteroatoms. The molecule has 0 saturated carbocycles. The van der Waals surface area contributed by atoms with Gasteiger partial charge < -0.3 is 5.73 Å². The predicted molar refractivity (Wildman–Crippen MR) is 67.2 cm³/mol. The Labute approximate surface area is 104 Å². The normalized spacial score (nSPS) is 11.1. The van der Waals surface area contributed by atoms with Crippen LogP contribution in [0.25, 0.3) is 0 Å². The molecule has 0 saturated heterocycles. The van der Waals surface area contributed by atoms with Crippen molar-refractivity contribution in [2.45, 2.75) is 19.8 Å². The zero-order chi connectivity index (χ0) is 13.5. The van der Waals surface area contributed by atoms with Gasteiger partial charge in [0.05, 0.1) is 4.92 Å². The fourth-order valence-electron chi connectivity index (χ4n) is 1.36. The molecule has 1 aromatic carbocycles. The van der Waals surface area contributed by atoms with E-state index >= 15 is 0 Å². The molecule has 0 unspecified atom stereocenters. The molecular formula is C11H14N4O3. The van der Waals surface area contributed by atoms with Gasteiger partial charge in [-0.15, -0.1) is 0 Å². The van der Waals surface area contributed by atoms with Crippen LogP contribution in [0.3, 0.4) is 0 Å². The fraction of sp³-hybridized carbons (Fsp3) is 0.273. The molecule has 0 aliphatic rings. The summed E-state index contributed by atoms with van der Waals surface area (Å²) in [6.45, 7) is 1.74. The molecule has 1 aromatic rings. The van der Waals surface area contributed by atoms with Crippen LogP contribution in [0.2, 0.25) is 0 Å². The number of rotatable bonds is 5. The average molecular weight is 250 g/mol. The van der Waals surface area contributed by atoms with E-state index in [2.05, 4.69) is 10.5 Å². The smallest absolute Gasteiger partial charge is 0.332 e. The number of nitro groups is 1. The molecule has 0 aliphatic carbocycles. The van der Waals surface area contributed by atoms with E-state index in [0.29, 0.717) is 18.6 Å². The number of carbonyl (C=O) groups excluding carboxylic acids is 1. The molecule has 0 heterocycles. The van der Waals surface area contributed by atoms with E-state index in [1.165, 1.54) is 12.1 Å². The molecule has 96 valence electrons. The molecule has 18 heavy (non-hydrogen) atoms. The van der Waals surface area contributed by atoms with E-state index in [4.69, 9.17) is 5.73 Å². The highest BCUT2D eigenvalue weighted by molar-refractivity contribution is 5.83. The van der Waals surface area contributed by atoms with Crippen molar-refractivity contribution < 1.29 is 9.72 Å². The third-order valence-corrected chi connectivity index (χ3v) is 2.25. The van der Waals surface area contributed by atoms with E-state index in [0.717, 1.165) is 5.56 Å². The second-order valence-corrected chi connectivity index (χ2v) is 3.75. The molecule has 7 nitrogen and oxygen atoms in total. The molecule has 0 spiro atoms. The third kappa shape index (κ3) is 4.60. The Hall–Kier alpha value is -2.44. The summed E-state index contributed by atoms with van der Waals surface area (Å²) in [5.41, 5.74) is 8.61. The Morgan fingerprint density at radius 1 is 1.56 bits per heavy atom. The number of non-ortho nitro benzene ring substituents is 1. The van der Waals surface area contributed by atoms with Crippen molar-refractivity contribution in [2.24, 2.45) is 10.8 Å². The molecule has 1 rings (SSSR count). The summed E-state index contributed by atoms with van der Waals surface area (Å²) < 4.78 is 0. The molecule has 0 atom stereocenters. The first-order valence-electron chi connectivity index (χ1n) is 5.31. The minimum Gasteiger partial charge on any atom is -0.350 e. The number of hydrogen-bond acceptors (Lipinski definition) is 4. The lowest BCUT2D eigenvalue weighted by atomic mass is 10.1. The van der Waals surface area contributed by atoms with Gasteiger partial charge in [-0.1, -0.05) is 12.1 Å². The van der Waals surface area contributed by atoms with E-state index in [1.54, 1.807) is 13.0 Å². The van der Waals surface area contributed by atoms with Crippen molar-refractivity contribution in [3.63, 3.8) is 0 Å². The van der Waals surface area contributed by atoms with Crippen LogP contribution in [0, 0.1) is 10.1 Å². The van der Waals surface area contributed by atoms with Crippen LogP contribution in [0.4, 0.5) is 10.5 Å². The monoisotopic (exact) mass is 250 g/mol. The number of carbonyl (C=O) groups is 1. The van der Waals surface area contributed by atoms with Gasteiger partial charge in [0.15, 0.2) is 0 Å². The number of nitrogens with zero attached hydrogens (tertiary/aromatic N) is 2. The number of urea groups is 1. The number of amides is 2. The number of aryl methyl sites for hydroxylation is 1. The number of hydrazone groups is 1. The zero-order valence-corrected chi connectivity index (χ0v) is 9.92. The van der Waals surface area contributed by atoms with Crippen molar-refractivity contribution in [1.82, 2.24) is 5.43 Å². The largest absolute Gasteiger partial charge is 0.350 e. The van der Waals surface area contributed by atoms with Crippen LogP contribution < -0.4 is 11.2 Å². The maximum atomic E-state index is 10.6. The Balaban J connectivity index is 2.58. The minimum atomic E-state index is -0.718. The van der Waals surface area contributed by atoms with Crippen LogP contribution in [-0.4, -0.2) is 16.7 Å². The first kappa shape index (κ1) is 13.6. The van der Waals surface area contributed by atoms with Crippen LogP contribution in [0.15, 0.2) is 29.4 Å². The SMILES string of the molecule is CC(CCc1cccc([N+](=O)[O-])c1)=NNC(N)=O. The second-order valence-electron chi connectivity index (χ2n) is 3.75. The maximum absolute atomic E-state index is 10.6. The number of benzene rings is 1. The van der Waals surface area contributed by atoms with E-state index in [-0.39, 0.29) is 5.69 Å². The van der Waals surface area contributed by atoms with E-state index in [1.807, 2.05) is 6.07 Å². The summed E-state index contributed by atoms with van der Waals surface area (Å²) in [5.74, 6) is 0. The Bertz CT molecular complexity index is 485. The van der Waals surface area contributed by atoms with Crippen LogP contribution in [-0.2, 0) is 6.42 Å². The summed E-state index contributed by atoms with van der Waals surface area (Å²) in [7, 11) is 0. The molecule has 0 aromatic heterocycles. The van der Waals surface area contributed by atoms with Gasteiger partial charge >= 0.3 is 6.03 Å². The molecule has 0 aliphatic heterocycles. The van der Waals surface area contributed by atoms with Gasteiger partial charge in [-0.05, 0) is 25.3 Å². The Kier molecular flexibility index (Phi) is 4.79. The summed E-state index contributed by atoms with van der Waals surface area (Å²) >= 11 is 0. The van der Waals surface area contributed by atoms with Crippen molar-refractivity contribution >= 4 is 17.4 Å². The lowest BCUT2D eigenvalue weighted by Crippen LogP contribution is -2.25. The lowest BCUT2D eigenvalue weighted by molar-refractivity contribution is -0.384. The number of nitrogens with two attached hydrogens (primary N) is 1. The highest BCUT2D eigenvalue weighted by Crippen LogP contribution is 2.14. The van der Waals surface area contributed by atoms with Gasteiger partial charge in [-0.25, -0.2) is 10.2 Å².